The van der Waals surface area contributed by atoms with Gasteiger partial charge in [-0.05, 0) is 31.0 Å². The molecule has 1 atom stereocenters. The summed E-state index contributed by atoms with van der Waals surface area (Å²) in [6.07, 6.45) is -4.42. The van der Waals surface area contributed by atoms with Gasteiger partial charge in [0.15, 0.2) is 5.89 Å². The maximum Gasteiger partial charge on any atom is 0.416 e. The zero-order chi connectivity index (χ0) is 17.9. The van der Waals surface area contributed by atoms with E-state index in [2.05, 4.69) is 10.3 Å². The highest BCUT2D eigenvalue weighted by atomic mass is 19.4. The first-order valence-electron chi connectivity index (χ1n) is 7.25. The molecular weight excluding hydrogens is 325 g/mol. The Hall–Kier alpha value is -2.35. The molecule has 0 bridgehead atoms. The predicted molar refractivity (Wildman–Crippen MR) is 79.3 cm³/mol. The Morgan fingerprint density at radius 3 is 2.62 bits per heavy atom. The Balaban J connectivity index is 2.26. The second-order valence-corrected chi connectivity index (χ2v) is 5.31. The first-order chi connectivity index (χ1) is 11.2. The van der Waals surface area contributed by atoms with Crippen molar-refractivity contribution in [3.63, 3.8) is 0 Å². The number of amides is 1. The molecule has 1 heterocycles. The Kier molecular flexibility index (Phi) is 5.28. The van der Waals surface area contributed by atoms with Crippen LogP contribution in [0.1, 0.15) is 45.7 Å². The van der Waals surface area contributed by atoms with E-state index in [4.69, 9.17) is 9.52 Å². The average Bonchev–Trinajstić information content (AvgIpc) is 2.85. The minimum absolute atomic E-state index is 0.00224. The first kappa shape index (κ1) is 18.0. The second kappa shape index (κ2) is 7.04. The molecule has 8 heteroatoms. The molecule has 130 valence electrons. The minimum Gasteiger partial charge on any atom is -0.436 e. The van der Waals surface area contributed by atoms with Crippen molar-refractivity contribution >= 4 is 5.91 Å². The molecule has 0 saturated carbocycles. The van der Waals surface area contributed by atoms with Crippen molar-refractivity contribution in [1.82, 2.24) is 10.3 Å². The van der Waals surface area contributed by atoms with Gasteiger partial charge in [0.05, 0.1) is 17.3 Å². The van der Waals surface area contributed by atoms with Crippen LogP contribution in [0.15, 0.2) is 28.7 Å². The number of carbonyl (C=O) groups is 1. The highest BCUT2D eigenvalue weighted by Crippen LogP contribution is 2.31. The van der Waals surface area contributed by atoms with Crippen LogP contribution in [-0.4, -0.2) is 22.6 Å². The van der Waals surface area contributed by atoms with Crippen LogP contribution in [0.25, 0.3) is 0 Å². The molecule has 2 rings (SSSR count). The number of hydrogen-bond donors (Lipinski definition) is 2. The molecule has 0 aliphatic heterocycles. The Morgan fingerprint density at radius 1 is 1.38 bits per heavy atom. The van der Waals surface area contributed by atoms with E-state index in [0.29, 0.717) is 11.6 Å². The van der Waals surface area contributed by atoms with Crippen LogP contribution in [0.2, 0.25) is 0 Å². The van der Waals surface area contributed by atoms with Gasteiger partial charge in [-0.25, -0.2) is 4.98 Å². The van der Waals surface area contributed by atoms with Crippen LogP contribution in [-0.2, 0) is 6.18 Å². The largest absolute Gasteiger partial charge is 0.436 e. The van der Waals surface area contributed by atoms with E-state index in [1.54, 1.807) is 13.8 Å². The first-order valence-corrected chi connectivity index (χ1v) is 7.25. The number of aliphatic hydroxyl groups is 1. The van der Waals surface area contributed by atoms with Gasteiger partial charge in [-0.15, -0.1) is 0 Å². The van der Waals surface area contributed by atoms with Crippen molar-refractivity contribution in [3.05, 3.63) is 52.7 Å². The fourth-order valence-corrected chi connectivity index (χ4v) is 2.35. The fraction of sp³-hybridized carbons (Fsp3) is 0.375. The summed E-state index contributed by atoms with van der Waals surface area (Å²) >= 11 is 0. The normalized spacial score (nSPS) is 12.9. The monoisotopic (exact) mass is 342 g/mol. The number of nitrogens with zero attached hydrogens (tertiary/aromatic N) is 1. The van der Waals surface area contributed by atoms with E-state index in [1.165, 1.54) is 12.1 Å². The summed E-state index contributed by atoms with van der Waals surface area (Å²) in [5.41, 5.74) is -0.179. The molecule has 2 aromatic rings. The van der Waals surface area contributed by atoms with Crippen LogP contribution >= 0.6 is 0 Å². The maximum atomic E-state index is 12.8. The van der Waals surface area contributed by atoms with E-state index in [0.717, 1.165) is 12.1 Å². The summed E-state index contributed by atoms with van der Waals surface area (Å²) in [4.78, 5) is 16.2. The second-order valence-electron chi connectivity index (χ2n) is 5.31. The van der Waals surface area contributed by atoms with E-state index in [1.807, 2.05) is 0 Å². The van der Waals surface area contributed by atoms with Crippen molar-refractivity contribution in [1.29, 1.82) is 0 Å². The molecule has 2 N–H and O–H groups in total. The molecule has 0 aliphatic carbocycles. The number of rotatable bonds is 5. The molecule has 0 radical (unpaired) electrons. The zero-order valence-corrected chi connectivity index (χ0v) is 13.1. The Morgan fingerprint density at radius 2 is 2.08 bits per heavy atom. The van der Waals surface area contributed by atoms with Gasteiger partial charge in [0.1, 0.15) is 0 Å². The molecule has 1 amide bonds. The molecule has 1 aromatic heterocycles. The zero-order valence-electron chi connectivity index (χ0n) is 13.1. The highest BCUT2D eigenvalue weighted by molar-refractivity contribution is 5.92. The van der Waals surface area contributed by atoms with E-state index < -0.39 is 23.7 Å². The molecular formula is C16H17F3N2O3. The van der Waals surface area contributed by atoms with Gasteiger partial charge in [0.2, 0.25) is 5.76 Å². The topological polar surface area (TPSA) is 75.4 Å². The summed E-state index contributed by atoms with van der Waals surface area (Å²) in [6.45, 7) is 2.88. The van der Waals surface area contributed by atoms with Crippen molar-refractivity contribution in [3.8, 4) is 0 Å². The number of benzene rings is 1. The van der Waals surface area contributed by atoms with Crippen LogP contribution in [0.5, 0.6) is 0 Å². The molecule has 0 unspecified atom stereocenters. The summed E-state index contributed by atoms with van der Waals surface area (Å²) in [6, 6.07) is 3.85. The molecule has 0 fully saturated rings. The number of halogens is 3. The predicted octanol–water partition coefficient (Wildman–Crippen LogP) is 3.16. The van der Waals surface area contributed by atoms with Crippen LogP contribution in [0.4, 0.5) is 13.2 Å². The lowest BCUT2D eigenvalue weighted by molar-refractivity contribution is -0.137. The smallest absolute Gasteiger partial charge is 0.416 e. The quantitative estimate of drug-likeness (QED) is 0.875. The Bertz CT molecular complexity index is 726. The summed E-state index contributed by atoms with van der Waals surface area (Å²) < 4.78 is 43.7. The number of aromatic nitrogens is 1. The molecule has 24 heavy (non-hydrogen) atoms. The van der Waals surface area contributed by atoms with Gasteiger partial charge >= 0.3 is 6.18 Å². The van der Waals surface area contributed by atoms with Crippen molar-refractivity contribution < 1.29 is 27.5 Å². The van der Waals surface area contributed by atoms with Crippen molar-refractivity contribution in [2.24, 2.45) is 0 Å². The fourth-order valence-electron chi connectivity index (χ4n) is 2.35. The van der Waals surface area contributed by atoms with E-state index in [-0.39, 0.29) is 24.4 Å². The number of hydrogen-bond acceptors (Lipinski definition) is 4. The summed E-state index contributed by atoms with van der Waals surface area (Å²) in [5, 5.41) is 11.7. The van der Waals surface area contributed by atoms with Gasteiger partial charge in [-0.2, -0.15) is 13.2 Å². The molecule has 0 aliphatic rings. The van der Waals surface area contributed by atoms with E-state index >= 15 is 0 Å². The van der Waals surface area contributed by atoms with E-state index in [9.17, 15) is 18.0 Å². The standard InChI is InChI=1S/C16H17F3N2O3/c1-9-14(24-10(2)20-9)15(23)21-13(6-7-22)11-4-3-5-12(8-11)16(17,18)19/h3-5,8,13,22H,6-7H2,1-2H3,(H,21,23)/t13-/m0/s1. The number of alkyl halides is 3. The Labute approximate surface area is 136 Å². The summed E-state index contributed by atoms with van der Waals surface area (Å²) in [5.74, 6) is -0.276. The van der Waals surface area contributed by atoms with Gasteiger partial charge in [0, 0.05) is 13.5 Å². The average molecular weight is 342 g/mol. The van der Waals surface area contributed by atoms with Crippen molar-refractivity contribution in [2.75, 3.05) is 6.61 Å². The SMILES string of the molecule is Cc1nc(C)c(C(=O)N[C@@H](CCO)c2cccc(C(F)(F)F)c2)o1. The minimum atomic E-state index is -4.48. The molecule has 5 nitrogen and oxygen atoms in total. The van der Waals surface area contributed by atoms with Gasteiger partial charge in [0.25, 0.3) is 5.91 Å². The van der Waals surface area contributed by atoms with Crippen LogP contribution < -0.4 is 5.32 Å². The number of oxazole rings is 1. The van der Waals surface area contributed by atoms with Crippen LogP contribution in [0, 0.1) is 13.8 Å². The maximum absolute atomic E-state index is 12.8. The third kappa shape index (κ3) is 4.14. The third-order valence-corrected chi connectivity index (χ3v) is 3.45. The number of aliphatic hydroxyl groups excluding tert-OH is 1. The molecule has 1 aromatic carbocycles. The third-order valence-electron chi connectivity index (χ3n) is 3.45. The van der Waals surface area contributed by atoms with Crippen molar-refractivity contribution in [2.45, 2.75) is 32.5 Å². The molecule has 0 saturated heterocycles. The molecule has 0 spiro atoms. The van der Waals surface area contributed by atoms with Crippen LogP contribution in [0.3, 0.4) is 0 Å². The number of nitrogens with one attached hydrogen (secondary N) is 1. The van der Waals surface area contributed by atoms with Gasteiger partial charge in [-0.3, -0.25) is 4.79 Å². The lowest BCUT2D eigenvalue weighted by atomic mass is 10.0. The van der Waals surface area contributed by atoms with Gasteiger partial charge in [-0.1, -0.05) is 12.1 Å². The highest BCUT2D eigenvalue weighted by Gasteiger charge is 2.31. The lowest BCUT2D eigenvalue weighted by Gasteiger charge is -2.19. The number of aryl methyl sites for hydroxylation is 2. The lowest BCUT2D eigenvalue weighted by Crippen LogP contribution is -2.29. The summed E-state index contributed by atoms with van der Waals surface area (Å²) in [7, 11) is 0. The van der Waals surface area contributed by atoms with Gasteiger partial charge < -0.3 is 14.8 Å². The number of carbonyl (C=O) groups excluding carboxylic acids is 1.